The van der Waals surface area contributed by atoms with Crippen molar-refractivity contribution in [2.45, 2.75) is 12.8 Å². The van der Waals surface area contributed by atoms with E-state index in [9.17, 15) is 4.91 Å². The molecule has 0 radical (unpaired) electrons. The van der Waals surface area contributed by atoms with Crippen molar-refractivity contribution in [2.75, 3.05) is 5.88 Å². The lowest BCUT2D eigenvalue weighted by molar-refractivity contribution is -0.534. The zero-order valence-corrected chi connectivity index (χ0v) is 9.04. The van der Waals surface area contributed by atoms with Gasteiger partial charge in [0.2, 0.25) is 0 Å². The molecule has 0 N–H and O–H groups in total. The number of nitrogens with zero attached hydrogens (tertiary/aromatic N) is 2. The van der Waals surface area contributed by atoms with Crippen LogP contribution in [0.5, 0.6) is 0 Å². The van der Waals surface area contributed by atoms with E-state index in [0.29, 0.717) is 11.8 Å². The second-order valence-corrected chi connectivity index (χ2v) is 4.83. The molecule has 0 saturated heterocycles. The topological polar surface area (TPSA) is 32.4 Å². The molecule has 0 aromatic carbocycles. The minimum Gasteiger partial charge on any atom is -0.0842 e. The Balaban J connectivity index is 2.08. The van der Waals surface area contributed by atoms with Crippen molar-refractivity contribution >= 4 is 17.5 Å². The summed E-state index contributed by atoms with van der Waals surface area (Å²) in [6.45, 7) is 0. The molecule has 1 heterocycles. The first-order chi connectivity index (χ1) is 7.34. The van der Waals surface area contributed by atoms with Gasteiger partial charge in [0.05, 0.1) is 4.91 Å². The van der Waals surface area contributed by atoms with E-state index in [1.807, 2.05) is 0 Å². The van der Waals surface area contributed by atoms with Gasteiger partial charge in [-0.25, -0.2) is 0 Å². The van der Waals surface area contributed by atoms with Crippen molar-refractivity contribution in [3.63, 3.8) is 0 Å². The summed E-state index contributed by atoms with van der Waals surface area (Å²) in [5.41, 5.74) is 2.27. The number of hydrogen-bond donors (Lipinski definition) is 0. The Morgan fingerprint density at radius 2 is 2.40 bits per heavy atom. The monoisotopic (exact) mass is 219 g/mol. The van der Waals surface area contributed by atoms with Crippen molar-refractivity contribution in [2.24, 2.45) is 11.0 Å². The van der Waals surface area contributed by atoms with E-state index < -0.39 is 0 Å². The third-order valence-electron chi connectivity index (χ3n) is 2.89. The molecule has 3 nitrogen and oxygen atoms in total. The van der Waals surface area contributed by atoms with Crippen LogP contribution in [0.1, 0.15) is 12.8 Å². The molecule has 15 heavy (non-hydrogen) atoms. The summed E-state index contributed by atoms with van der Waals surface area (Å²) in [6.07, 6.45) is 10.7. The van der Waals surface area contributed by atoms with Gasteiger partial charge in [0, 0.05) is 15.9 Å². The number of allylic oxidation sites excluding steroid dienone is 6. The van der Waals surface area contributed by atoms with Crippen LogP contribution in [0.25, 0.3) is 0 Å². The van der Waals surface area contributed by atoms with Gasteiger partial charge in [0.15, 0.2) is 4.87 Å². The summed E-state index contributed by atoms with van der Waals surface area (Å²) in [7, 11) is 0. The molecule has 0 spiro atoms. The Labute approximate surface area is 92.2 Å². The van der Waals surface area contributed by atoms with Crippen LogP contribution in [0.4, 0.5) is 0 Å². The summed E-state index contributed by atoms with van der Waals surface area (Å²) in [6, 6.07) is 0. The zero-order valence-electron chi connectivity index (χ0n) is 8.22. The van der Waals surface area contributed by atoms with Crippen molar-refractivity contribution in [1.82, 2.24) is 0 Å². The lowest BCUT2D eigenvalue weighted by Crippen LogP contribution is -2.26. The average molecular weight is 219 g/mol. The van der Waals surface area contributed by atoms with E-state index in [1.54, 1.807) is 11.8 Å². The zero-order chi connectivity index (χ0) is 10.3. The molecule has 0 amide bonds. The van der Waals surface area contributed by atoms with Crippen molar-refractivity contribution in [3.8, 4) is 0 Å². The molecule has 0 saturated carbocycles. The maximum atomic E-state index is 11.2. The second kappa shape index (κ2) is 3.45. The number of fused-ring (bicyclic) bond motifs is 3. The summed E-state index contributed by atoms with van der Waals surface area (Å²) in [5, 5.41) is 4.12. The Kier molecular flexibility index (Phi) is 2.09. The van der Waals surface area contributed by atoms with E-state index in [4.69, 9.17) is 0 Å². The molecule has 0 aromatic heterocycles. The molecule has 2 aliphatic carbocycles. The van der Waals surface area contributed by atoms with Crippen LogP contribution in [0.3, 0.4) is 0 Å². The first-order valence-electron chi connectivity index (χ1n) is 5.09. The van der Waals surface area contributed by atoms with Gasteiger partial charge >= 0.3 is 0 Å². The first-order valence-corrected chi connectivity index (χ1v) is 6.08. The van der Waals surface area contributed by atoms with Crippen LogP contribution < -0.4 is 0 Å². The maximum absolute atomic E-state index is 11.2. The lowest BCUT2D eigenvalue weighted by atomic mass is 9.82. The Hall–Kier alpha value is -1.16. The summed E-state index contributed by atoms with van der Waals surface area (Å²) in [4.78, 5) is 13.2. The third-order valence-corrected chi connectivity index (χ3v) is 3.90. The van der Waals surface area contributed by atoms with E-state index in [-0.39, 0.29) is 0 Å². The number of thioether (sulfide) groups is 1. The molecule has 4 heteroatoms. The Bertz CT molecular complexity index is 446. The highest BCUT2D eigenvalue weighted by Crippen LogP contribution is 2.37. The Morgan fingerprint density at radius 3 is 3.33 bits per heavy atom. The van der Waals surface area contributed by atoms with Crippen LogP contribution in [-0.4, -0.2) is 16.5 Å². The first kappa shape index (κ1) is 9.09. The van der Waals surface area contributed by atoms with Gasteiger partial charge in [-0.2, -0.15) is 0 Å². The smallest absolute Gasteiger partial charge is 0.0842 e. The van der Waals surface area contributed by atoms with Gasteiger partial charge in [-0.15, -0.1) is 0 Å². The highest BCUT2D eigenvalue weighted by atomic mass is 32.2. The highest BCUT2D eigenvalue weighted by molar-refractivity contribution is 8.03. The summed E-state index contributed by atoms with van der Waals surface area (Å²) in [5.74, 6) is 0.764. The van der Waals surface area contributed by atoms with Crippen LogP contribution in [0, 0.1) is 10.8 Å². The fraction of sp³-hybridized carbons (Fsp3) is 0.364. The fourth-order valence-electron chi connectivity index (χ4n) is 2.18. The number of nitroso groups, excluding NO2 is 1. The van der Waals surface area contributed by atoms with Crippen LogP contribution in [0.15, 0.2) is 39.9 Å². The predicted molar refractivity (Wildman–Crippen MR) is 61.6 cm³/mol. The second-order valence-electron chi connectivity index (χ2n) is 3.84. The molecule has 1 unspecified atom stereocenters. The van der Waals surface area contributed by atoms with Gasteiger partial charge in [-0.1, -0.05) is 18.2 Å². The van der Waals surface area contributed by atoms with E-state index in [1.165, 1.54) is 10.5 Å². The molecule has 3 aliphatic rings. The van der Waals surface area contributed by atoms with E-state index in [2.05, 4.69) is 29.4 Å². The normalized spacial score (nSPS) is 28.7. The lowest BCUT2D eigenvalue weighted by Gasteiger charge is -2.26. The number of hydrazone groups is 1. The summed E-state index contributed by atoms with van der Waals surface area (Å²) >= 11 is 1.59. The van der Waals surface area contributed by atoms with Crippen molar-refractivity contribution in [1.29, 1.82) is 0 Å². The minimum absolute atomic E-state index is 0.347. The Morgan fingerprint density at radius 1 is 1.47 bits per heavy atom. The van der Waals surface area contributed by atoms with Gasteiger partial charge in [-0.05, 0) is 36.3 Å². The van der Waals surface area contributed by atoms with Gasteiger partial charge < -0.3 is 0 Å². The summed E-state index contributed by atoms with van der Waals surface area (Å²) < 4.78 is 0. The third kappa shape index (κ3) is 1.49. The molecular weight excluding hydrogens is 208 g/mol. The van der Waals surface area contributed by atoms with Gasteiger partial charge in [0.1, 0.15) is 5.71 Å². The molecule has 1 atom stereocenters. The largest absolute Gasteiger partial charge is 0.277 e. The van der Waals surface area contributed by atoms with E-state index >= 15 is 0 Å². The van der Waals surface area contributed by atoms with Crippen molar-refractivity contribution in [3.05, 3.63) is 39.7 Å². The fourth-order valence-corrected chi connectivity index (χ4v) is 2.98. The molecule has 0 aromatic rings. The SMILES string of the molecule is O=[N+]1CSC2=CC=C3C=CCCC3C2=N1. The van der Waals surface area contributed by atoms with Crippen LogP contribution >= 0.6 is 11.8 Å². The number of hydrogen-bond acceptors (Lipinski definition) is 2. The predicted octanol–water partition coefficient (Wildman–Crippen LogP) is 2.62. The van der Waals surface area contributed by atoms with Crippen molar-refractivity contribution < 1.29 is 4.87 Å². The number of rotatable bonds is 0. The average Bonchev–Trinajstić information content (AvgIpc) is 2.29. The standard InChI is InChI=1S/C11H11N2OS/c14-13-7-15-10-6-5-8-3-1-2-4-9(8)11(10)12-13/h1,3,5-6,9H,2,4,7H2/q+1. The van der Waals surface area contributed by atoms with Crippen LogP contribution in [-0.2, 0) is 0 Å². The molecule has 76 valence electrons. The van der Waals surface area contributed by atoms with Crippen LogP contribution in [0.2, 0.25) is 0 Å². The molecule has 1 aliphatic heterocycles. The highest BCUT2D eigenvalue weighted by Gasteiger charge is 2.33. The van der Waals surface area contributed by atoms with Gasteiger partial charge in [0.25, 0.3) is 5.88 Å². The van der Waals surface area contributed by atoms with Gasteiger partial charge in [-0.3, -0.25) is 0 Å². The molecule has 0 bridgehead atoms. The van der Waals surface area contributed by atoms with E-state index in [0.717, 1.165) is 23.4 Å². The maximum Gasteiger partial charge on any atom is 0.277 e. The molecule has 3 rings (SSSR count). The minimum atomic E-state index is 0.347. The molecule has 0 fully saturated rings. The molecular formula is C11H11N2OS+. The quantitative estimate of drug-likeness (QED) is 0.587.